The Kier molecular flexibility index (Phi) is 5.64. The van der Waals surface area contributed by atoms with E-state index in [-0.39, 0.29) is 39.1 Å². The van der Waals surface area contributed by atoms with Crippen molar-refractivity contribution in [2.75, 3.05) is 11.1 Å². The highest BCUT2D eigenvalue weighted by molar-refractivity contribution is 6.35. The van der Waals surface area contributed by atoms with Gasteiger partial charge in [-0.3, -0.25) is 9.36 Å². The fourth-order valence-corrected chi connectivity index (χ4v) is 3.63. The summed E-state index contributed by atoms with van der Waals surface area (Å²) in [5.74, 6) is -0.754. The first-order valence-electron chi connectivity index (χ1n) is 9.64. The predicted octanol–water partition coefficient (Wildman–Crippen LogP) is 3.15. The molecule has 4 aromatic rings. The van der Waals surface area contributed by atoms with E-state index in [2.05, 4.69) is 20.3 Å². The molecule has 0 amide bonds. The summed E-state index contributed by atoms with van der Waals surface area (Å²) < 4.78 is 1.29. The number of halogens is 1. The minimum Gasteiger partial charge on any atom is -0.478 e. The quantitative estimate of drug-likeness (QED) is 0.405. The Morgan fingerprint density at radius 3 is 2.76 bits per heavy atom. The monoisotopic (exact) mass is 461 g/mol. The van der Waals surface area contributed by atoms with Crippen LogP contribution < -0.4 is 16.6 Å². The maximum absolute atomic E-state index is 13.6. The van der Waals surface area contributed by atoms with Crippen LogP contribution in [0.4, 0.5) is 11.8 Å². The lowest BCUT2D eigenvalue weighted by atomic mass is 10.1. The molecule has 11 heteroatoms. The SMILES string of the molecule is C[C@@H](Nc1nc(N)ncc1C#N)c1nc2cccc(Cl)c2c(=O)n1-c1cccc(C(=O)O)c1. The predicted molar refractivity (Wildman–Crippen MR) is 123 cm³/mol. The van der Waals surface area contributed by atoms with Gasteiger partial charge in [-0.25, -0.2) is 14.8 Å². The Labute approximate surface area is 191 Å². The summed E-state index contributed by atoms with van der Waals surface area (Å²) in [5.41, 5.74) is 6.00. The second kappa shape index (κ2) is 8.57. The minimum atomic E-state index is -1.14. The van der Waals surface area contributed by atoms with E-state index in [1.165, 1.54) is 29.0 Å². The van der Waals surface area contributed by atoms with Crippen LogP contribution in [0.25, 0.3) is 16.6 Å². The van der Waals surface area contributed by atoms with Crippen molar-refractivity contribution < 1.29 is 9.90 Å². The number of carboxylic acids is 1. The summed E-state index contributed by atoms with van der Waals surface area (Å²) in [6.45, 7) is 1.72. The van der Waals surface area contributed by atoms with E-state index in [0.717, 1.165) is 0 Å². The average molecular weight is 462 g/mol. The van der Waals surface area contributed by atoms with Gasteiger partial charge in [0, 0.05) is 0 Å². The number of hydrogen-bond donors (Lipinski definition) is 3. The van der Waals surface area contributed by atoms with Gasteiger partial charge in [-0.1, -0.05) is 23.7 Å². The molecule has 33 heavy (non-hydrogen) atoms. The summed E-state index contributed by atoms with van der Waals surface area (Å²) in [5, 5.41) is 22.2. The Balaban J connectivity index is 1.96. The lowest BCUT2D eigenvalue weighted by molar-refractivity contribution is 0.0697. The third kappa shape index (κ3) is 4.05. The zero-order valence-electron chi connectivity index (χ0n) is 17.2. The van der Waals surface area contributed by atoms with Crippen molar-refractivity contribution in [2.45, 2.75) is 13.0 Å². The number of rotatable bonds is 5. The molecular formula is C22H16ClN7O3. The molecule has 4 N–H and O–H groups in total. The van der Waals surface area contributed by atoms with Crippen molar-refractivity contribution in [3.63, 3.8) is 0 Å². The Bertz CT molecular complexity index is 1510. The van der Waals surface area contributed by atoms with Crippen molar-refractivity contribution in [3.8, 4) is 11.8 Å². The van der Waals surface area contributed by atoms with Gasteiger partial charge < -0.3 is 16.2 Å². The first-order valence-corrected chi connectivity index (χ1v) is 10.0. The topological polar surface area (TPSA) is 160 Å². The zero-order chi connectivity index (χ0) is 23.7. The molecule has 0 aliphatic heterocycles. The highest BCUT2D eigenvalue weighted by Gasteiger charge is 2.21. The van der Waals surface area contributed by atoms with Gasteiger partial charge in [0.15, 0.2) is 0 Å². The van der Waals surface area contributed by atoms with Crippen LogP contribution >= 0.6 is 11.6 Å². The van der Waals surface area contributed by atoms with Gasteiger partial charge in [0.25, 0.3) is 5.56 Å². The Morgan fingerprint density at radius 2 is 2.03 bits per heavy atom. The molecule has 2 aromatic heterocycles. The highest BCUT2D eigenvalue weighted by Crippen LogP contribution is 2.25. The van der Waals surface area contributed by atoms with Gasteiger partial charge in [0.05, 0.1) is 39.4 Å². The summed E-state index contributed by atoms with van der Waals surface area (Å²) in [6, 6.07) is 12.1. The van der Waals surface area contributed by atoms with Crippen molar-refractivity contribution in [2.24, 2.45) is 0 Å². The number of aromatic nitrogens is 4. The van der Waals surface area contributed by atoms with Crippen LogP contribution in [0.5, 0.6) is 0 Å². The molecule has 0 aliphatic carbocycles. The number of nitriles is 1. The maximum Gasteiger partial charge on any atom is 0.335 e. The van der Waals surface area contributed by atoms with E-state index in [9.17, 15) is 20.0 Å². The van der Waals surface area contributed by atoms with Gasteiger partial charge in [0.2, 0.25) is 5.95 Å². The molecule has 1 atom stereocenters. The van der Waals surface area contributed by atoms with E-state index in [1.807, 2.05) is 6.07 Å². The number of aromatic carboxylic acids is 1. The number of carbonyl (C=O) groups is 1. The fraction of sp³-hybridized carbons (Fsp3) is 0.0909. The van der Waals surface area contributed by atoms with Crippen LogP contribution in [0, 0.1) is 11.3 Å². The maximum atomic E-state index is 13.6. The number of nitrogen functional groups attached to an aromatic ring is 1. The van der Waals surface area contributed by atoms with Gasteiger partial charge in [-0.15, -0.1) is 0 Å². The summed E-state index contributed by atoms with van der Waals surface area (Å²) in [7, 11) is 0. The van der Waals surface area contributed by atoms with Gasteiger partial charge in [-0.05, 0) is 37.3 Å². The summed E-state index contributed by atoms with van der Waals surface area (Å²) in [6.07, 6.45) is 1.29. The molecule has 0 radical (unpaired) electrons. The van der Waals surface area contributed by atoms with Crippen LogP contribution in [0.15, 0.2) is 53.5 Å². The standard InChI is InChI=1S/C22H16ClN7O3/c1-11(27-18-13(9-24)10-26-22(25)29-18)19-28-16-7-3-6-15(23)17(16)20(31)30(19)14-5-2-4-12(8-14)21(32)33/h2-8,10-11H,1H3,(H,32,33)(H3,25,26,27,29)/t11-/m1/s1. The Hall–Kier alpha value is -4.49. The van der Waals surface area contributed by atoms with Crippen molar-refractivity contribution >= 4 is 40.2 Å². The number of benzene rings is 2. The van der Waals surface area contributed by atoms with Crippen LogP contribution in [-0.4, -0.2) is 30.6 Å². The zero-order valence-corrected chi connectivity index (χ0v) is 17.9. The second-order valence-electron chi connectivity index (χ2n) is 7.07. The molecule has 2 aromatic carbocycles. The minimum absolute atomic E-state index is 0.000517. The molecule has 4 rings (SSSR count). The number of nitrogens with two attached hydrogens (primary N) is 1. The largest absolute Gasteiger partial charge is 0.478 e. The lowest BCUT2D eigenvalue weighted by Gasteiger charge is -2.21. The van der Waals surface area contributed by atoms with E-state index in [0.29, 0.717) is 11.2 Å². The smallest absolute Gasteiger partial charge is 0.335 e. The number of nitrogens with zero attached hydrogens (tertiary/aromatic N) is 5. The molecule has 0 saturated carbocycles. The third-order valence-corrected chi connectivity index (χ3v) is 5.21. The normalized spacial score (nSPS) is 11.7. The van der Waals surface area contributed by atoms with Crippen LogP contribution in [0.2, 0.25) is 5.02 Å². The van der Waals surface area contributed by atoms with Gasteiger partial charge in [0.1, 0.15) is 23.3 Å². The van der Waals surface area contributed by atoms with Crippen LogP contribution in [0.3, 0.4) is 0 Å². The molecule has 0 spiro atoms. The summed E-state index contributed by atoms with van der Waals surface area (Å²) >= 11 is 6.29. The average Bonchev–Trinajstić information content (AvgIpc) is 2.79. The van der Waals surface area contributed by atoms with Gasteiger partial charge in [-0.2, -0.15) is 10.2 Å². The number of carboxylic acid groups (broad SMARTS) is 1. The molecular weight excluding hydrogens is 446 g/mol. The number of nitrogens with one attached hydrogen (secondary N) is 1. The number of fused-ring (bicyclic) bond motifs is 1. The molecule has 0 fully saturated rings. The van der Waals surface area contributed by atoms with E-state index in [1.54, 1.807) is 31.2 Å². The lowest BCUT2D eigenvalue weighted by Crippen LogP contribution is -2.28. The first kappa shape index (κ1) is 21.7. The Morgan fingerprint density at radius 1 is 1.27 bits per heavy atom. The fourth-order valence-electron chi connectivity index (χ4n) is 3.38. The molecule has 164 valence electrons. The first-order chi connectivity index (χ1) is 15.8. The highest BCUT2D eigenvalue weighted by atomic mass is 35.5. The molecule has 0 bridgehead atoms. The summed E-state index contributed by atoms with van der Waals surface area (Å²) in [4.78, 5) is 37.6. The molecule has 0 aliphatic rings. The molecule has 0 saturated heterocycles. The van der Waals surface area contributed by atoms with E-state index in [4.69, 9.17) is 17.3 Å². The van der Waals surface area contributed by atoms with Gasteiger partial charge >= 0.3 is 5.97 Å². The molecule has 0 unspecified atom stereocenters. The molecule has 2 heterocycles. The number of anilines is 2. The van der Waals surface area contributed by atoms with Crippen LogP contribution in [-0.2, 0) is 0 Å². The van der Waals surface area contributed by atoms with Crippen molar-refractivity contribution in [1.82, 2.24) is 19.5 Å². The van der Waals surface area contributed by atoms with E-state index < -0.39 is 17.6 Å². The van der Waals surface area contributed by atoms with Crippen molar-refractivity contribution in [1.29, 1.82) is 5.26 Å². The van der Waals surface area contributed by atoms with Crippen LogP contribution in [0.1, 0.15) is 34.7 Å². The van der Waals surface area contributed by atoms with Crippen molar-refractivity contribution in [3.05, 3.63) is 81.0 Å². The van der Waals surface area contributed by atoms with E-state index >= 15 is 0 Å². The molecule has 10 nitrogen and oxygen atoms in total. The number of hydrogen-bond acceptors (Lipinski definition) is 8. The third-order valence-electron chi connectivity index (χ3n) is 4.89. The second-order valence-corrected chi connectivity index (χ2v) is 7.48.